The van der Waals surface area contributed by atoms with Crippen molar-refractivity contribution >= 4 is 0 Å². The minimum atomic E-state index is 0.351. The molecule has 0 saturated carbocycles. The number of likely N-dealkylation sites (tertiary alicyclic amines) is 1. The molecule has 1 N–H and O–H groups in total. The van der Waals surface area contributed by atoms with Gasteiger partial charge in [0.05, 0.1) is 0 Å². The van der Waals surface area contributed by atoms with Crippen molar-refractivity contribution in [2.75, 3.05) is 39.9 Å². The maximum atomic E-state index is 5.68. The third-order valence-corrected chi connectivity index (χ3v) is 4.21. The van der Waals surface area contributed by atoms with Crippen LogP contribution in [0.1, 0.15) is 30.9 Å². The second kappa shape index (κ2) is 6.46. The topological polar surface area (TPSA) is 33.7 Å². The highest BCUT2D eigenvalue weighted by molar-refractivity contribution is 5.44. The van der Waals surface area contributed by atoms with Crippen molar-refractivity contribution in [3.05, 3.63) is 23.8 Å². The van der Waals surface area contributed by atoms with Gasteiger partial charge in [0, 0.05) is 12.6 Å². The Morgan fingerprint density at radius 2 is 1.85 bits per heavy atom. The van der Waals surface area contributed by atoms with Crippen LogP contribution in [0.4, 0.5) is 0 Å². The highest BCUT2D eigenvalue weighted by Gasteiger charge is 2.19. The van der Waals surface area contributed by atoms with Gasteiger partial charge in [-0.3, -0.25) is 0 Å². The highest BCUT2D eigenvalue weighted by Crippen LogP contribution is 2.32. The molecule has 0 aliphatic carbocycles. The maximum Gasteiger partial charge on any atom is 0.161 e. The molecule has 1 fully saturated rings. The number of likely N-dealkylation sites (N-methyl/N-ethyl adjacent to an activating group) is 1. The monoisotopic (exact) mass is 276 g/mol. The van der Waals surface area contributed by atoms with Gasteiger partial charge >= 0.3 is 0 Å². The summed E-state index contributed by atoms with van der Waals surface area (Å²) in [4.78, 5) is 2.56. The summed E-state index contributed by atoms with van der Waals surface area (Å²) < 4.78 is 11.3. The van der Waals surface area contributed by atoms with E-state index in [1.54, 1.807) is 0 Å². The quantitative estimate of drug-likeness (QED) is 0.914. The van der Waals surface area contributed by atoms with Crippen molar-refractivity contribution in [2.45, 2.75) is 25.3 Å². The van der Waals surface area contributed by atoms with Crippen molar-refractivity contribution in [3.8, 4) is 11.5 Å². The molecule has 2 aliphatic rings. The third kappa shape index (κ3) is 3.07. The molecular formula is C16H24N2O2. The van der Waals surface area contributed by atoms with Gasteiger partial charge in [-0.1, -0.05) is 12.5 Å². The zero-order valence-electron chi connectivity index (χ0n) is 12.2. The van der Waals surface area contributed by atoms with Gasteiger partial charge in [0.1, 0.15) is 13.2 Å². The number of hydrogen-bond donors (Lipinski definition) is 1. The molecule has 4 nitrogen and oxygen atoms in total. The molecule has 20 heavy (non-hydrogen) atoms. The lowest BCUT2D eigenvalue weighted by molar-refractivity contribution is 0.170. The molecule has 0 aromatic heterocycles. The smallest absolute Gasteiger partial charge is 0.161 e. The first-order chi connectivity index (χ1) is 9.86. The van der Waals surface area contributed by atoms with E-state index < -0.39 is 0 Å². The molecule has 0 bridgehead atoms. The van der Waals surface area contributed by atoms with Gasteiger partial charge in [0.15, 0.2) is 11.5 Å². The van der Waals surface area contributed by atoms with Crippen LogP contribution in [-0.4, -0.2) is 44.8 Å². The van der Waals surface area contributed by atoms with E-state index in [0.29, 0.717) is 19.3 Å². The van der Waals surface area contributed by atoms with Crippen molar-refractivity contribution in [1.82, 2.24) is 10.2 Å². The second-order valence-electron chi connectivity index (χ2n) is 5.61. The van der Waals surface area contributed by atoms with Crippen LogP contribution >= 0.6 is 0 Å². The van der Waals surface area contributed by atoms with Crippen LogP contribution in [-0.2, 0) is 0 Å². The van der Waals surface area contributed by atoms with Crippen LogP contribution in [0, 0.1) is 0 Å². The Morgan fingerprint density at radius 1 is 1.10 bits per heavy atom. The van der Waals surface area contributed by atoms with Gasteiger partial charge in [-0.25, -0.2) is 0 Å². The summed E-state index contributed by atoms with van der Waals surface area (Å²) in [5.74, 6) is 1.75. The number of ether oxygens (including phenoxy) is 2. The number of benzene rings is 1. The molecule has 2 aliphatic heterocycles. The fourth-order valence-corrected chi connectivity index (χ4v) is 3.04. The molecule has 1 atom stereocenters. The number of hydrogen-bond acceptors (Lipinski definition) is 4. The number of fused-ring (bicyclic) bond motifs is 1. The number of piperidine rings is 1. The molecule has 110 valence electrons. The standard InChI is InChI=1S/C16H24N2O2/c1-17-14(12-18-7-3-2-4-8-18)13-5-6-15-16(11-13)20-10-9-19-15/h5-6,11,14,17H,2-4,7-10,12H2,1H3. The zero-order chi connectivity index (χ0) is 13.8. The molecule has 1 aromatic rings. The Morgan fingerprint density at radius 3 is 2.60 bits per heavy atom. The summed E-state index contributed by atoms with van der Waals surface area (Å²) >= 11 is 0. The van der Waals surface area contributed by atoms with Crippen LogP contribution in [0.25, 0.3) is 0 Å². The van der Waals surface area contributed by atoms with E-state index >= 15 is 0 Å². The average Bonchev–Trinajstić information content (AvgIpc) is 2.53. The minimum absolute atomic E-state index is 0.351. The number of nitrogens with one attached hydrogen (secondary N) is 1. The first kappa shape index (κ1) is 13.7. The lowest BCUT2D eigenvalue weighted by atomic mass is 10.0. The Bertz CT molecular complexity index is 444. The second-order valence-corrected chi connectivity index (χ2v) is 5.61. The van der Waals surface area contributed by atoms with E-state index in [1.807, 2.05) is 13.1 Å². The molecular weight excluding hydrogens is 252 g/mol. The molecule has 2 heterocycles. The molecule has 0 spiro atoms. The largest absolute Gasteiger partial charge is 0.486 e. The summed E-state index contributed by atoms with van der Waals surface area (Å²) in [5, 5.41) is 3.43. The number of nitrogens with zero attached hydrogens (tertiary/aromatic N) is 1. The van der Waals surface area contributed by atoms with Crippen LogP contribution in [0.15, 0.2) is 18.2 Å². The normalized spacial score (nSPS) is 20.6. The number of rotatable bonds is 4. The van der Waals surface area contributed by atoms with E-state index in [2.05, 4.69) is 22.3 Å². The fraction of sp³-hybridized carbons (Fsp3) is 0.625. The Hall–Kier alpha value is -1.26. The van der Waals surface area contributed by atoms with Gasteiger partial charge in [0.25, 0.3) is 0 Å². The summed E-state index contributed by atoms with van der Waals surface area (Å²) in [5.41, 5.74) is 1.28. The van der Waals surface area contributed by atoms with Gasteiger partial charge in [-0.15, -0.1) is 0 Å². The van der Waals surface area contributed by atoms with E-state index in [9.17, 15) is 0 Å². The Balaban J connectivity index is 1.71. The Labute approximate surface area is 121 Å². The molecule has 1 saturated heterocycles. The van der Waals surface area contributed by atoms with Crippen molar-refractivity contribution < 1.29 is 9.47 Å². The van der Waals surface area contributed by atoms with Crippen molar-refractivity contribution in [1.29, 1.82) is 0 Å². The summed E-state index contributed by atoms with van der Waals surface area (Å²) in [6, 6.07) is 6.66. The molecule has 0 amide bonds. The van der Waals surface area contributed by atoms with E-state index in [4.69, 9.17) is 9.47 Å². The van der Waals surface area contributed by atoms with E-state index in [1.165, 1.54) is 37.9 Å². The summed E-state index contributed by atoms with van der Waals surface area (Å²) in [6.07, 6.45) is 4.04. The zero-order valence-corrected chi connectivity index (χ0v) is 12.2. The molecule has 0 radical (unpaired) electrons. The summed E-state index contributed by atoms with van der Waals surface area (Å²) in [7, 11) is 2.03. The first-order valence-corrected chi connectivity index (χ1v) is 7.66. The predicted molar refractivity (Wildman–Crippen MR) is 79.5 cm³/mol. The van der Waals surface area contributed by atoms with E-state index in [0.717, 1.165) is 18.0 Å². The van der Waals surface area contributed by atoms with Crippen molar-refractivity contribution in [2.24, 2.45) is 0 Å². The molecule has 1 unspecified atom stereocenters. The third-order valence-electron chi connectivity index (χ3n) is 4.21. The van der Waals surface area contributed by atoms with Gasteiger partial charge in [-0.2, -0.15) is 0 Å². The van der Waals surface area contributed by atoms with Gasteiger partial charge in [-0.05, 0) is 50.7 Å². The SMILES string of the molecule is CNC(CN1CCCCC1)c1ccc2c(c1)OCCO2. The van der Waals surface area contributed by atoms with Crippen LogP contribution in [0.2, 0.25) is 0 Å². The van der Waals surface area contributed by atoms with Gasteiger partial charge in [0.2, 0.25) is 0 Å². The highest BCUT2D eigenvalue weighted by atomic mass is 16.6. The molecule has 3 rings (SSSR count). The van der Waals surface area contributed by atoms with Crippen molar-refractivity contribution in [3.63, 3.8) is 0 Å². The lowest BCUT2D eigenvalue weighted by Crippen LogP contribution is -2.37. The van der Waals surface area contributed by atoms with E-state index in [-0.39, 0.29) is 0 Å². The average molecular weight is 276 g/mol. The maximum absolute atomic E-state index is 5.68. The van der Waals surface area contributed by atoms with Crippen LogP contribution in [0.3, 0.4) is 0 Å². The predicted octanol–water partition coefficient (Wildman–Crippen LogP) is 2.20. The fourth-order valence-electron chi connectivity index (χ4n) is 3.04. The molecule has 4 heteroatoms. The van der Waals surface area contributed by atoms with Crippen LogP contribution < -0.4 is 14.8 Å². The Kier molecular flexibility index (Phi) is 4.43. The summed E-state index contributed by atoms with van der Waals surface area (Å²) in [6.45, 7) is 4.81. The lowest BCUT2D eigenvalue weighted by Gasteiger charge is -2.31. The van der Waals surface area contributed by atoms with Gasteiger partial charge < -0.3 is 19.7 Å². The van der Waals surface area contributed by atoms with Crippen LogP contribution in [0.5, 0.6) is 11.5 Å². The first-order valence-electron chi connectivity index (χ1n) is 7.66. The minimum Gasteiger partial charge on any atom is -0.486 e. The molecule has 1 aromatic carbocycles.